The Hall–Kier alpha value is -3.00. The third-order valence-electron chi connectivity index (χ3n) is 4.00. The molecule has 0 spiro atoms. The van der Waals surface area contributed by atoms with Crippen molar-refractivity contribution in [2.75, 3.05) is 19.8 Å². The molecule has 0 bridgehead atoms. The highest BCUT2D eigenvalue weighted by atomic mass is 16.5. The quantitative estimate of drug-likeness (QED) is 0.616. The molecule has 1 amide bonds. The van der Waals surface area contributed by atoms with Gasteiger partial charge in [-0.3, -0.25) is 4.79 Å². The molecule has 27 heavy (non-hydrogen) atoms. The molecule has 5 heteroatoms. The van der Waals surface area contributed by atoms with Crippen LogP contribution in [0.5, 0.6) is 11.5 Å². The molecule has 142 valence electrons. The first kappa shape index (κ1) is 20.3. The van der Waals surface area contributed by atoms with Gasteiger partial charge in [-0.15, -0.1) is 0 Å². The van der Waals surface area contributed by atoms with Crippen LogP contribution >= 0.6 is 0 Å². The SMILES string of the molecule is CCCc1ccc(OCCOc2ccccc2CCNC(=O)CC#N)cc1. The number of para-hydroxylation sites is 1. The van der Waals surface area contributed by atoms with E-state index in [0.29, 0.717) is 26.2 Å². The van der Waals surface area contributed by atoms with E-state index in [9.17, 15) is 4.79 Å². The molecule has 1 N–H and O–H groups in total. The first-order valence-corrected chi connectivity index (χ1v) is 9.29. The van der Waals surface area contributed by atoms with Gasteiger partial charge in [-0.1, -0.05) is 43.7 Å². The summed E-state index contributed by atoms with van der Waals surface area (Å²) in [7, 11) is 0. The molecule has 2 aromatic rings. The number of carbonyl (C=O) groups is 1. The Kier molecular flexibility index (Phi) is 8.72. The normalized spacial score (nSPS) is 10.1. The maximum Gasteiger partial charge on any atom is 0.234 e. The Morgan fingerprint density at radius 3 is 2.52 bits per heavy atom. The van der Waals surface area contributed by atoms with Crippen LogP contribution in [0.15, 0.2) is 48.5 Å². The average molecular weight is 366 g/mol. The van der Waals surface area contributed by atoms with Crippen LogP contribution in [0.3, 0.4) is 0 Å². The van der Waals surface area contributed by atoms with Gasteiger partial charge in [0, 0.05) is 6.54 Å². The topological polar surface area (TPSA) is 71.3 Å². The lowest BCUT2D eigenvalue weighted by molar-refractivity contribution is -0.120. The first-order chi connectivity index (χ1) is 13.2. The summed E-state index contributed by atoms with van der Waals surface area (Å²) in [6.07, 6.45) is 2.74. The summed E-state index contributed by atoms with van der Waals surface area (Å²) in [6, 6.07) is 17.7. The van der Waals surface area contributed by atoms with Crippen molar-refractivity contribution >= 4 is 5.91 Å². The van der Waals surface area contributed by atoms with E-state index in [1.807, 2.05) is 42.5 Å². The minimum absolute atomic E-state index is 0.116. The van der Waals surface area contributed by atoms with Crippen LogP contribution in [0, 0.1) is 11.3 Å². The Bertz CT molecular complexity index is 751. The number of benzene rings is 2. The van der Waals surface area contributed by atoms with Gasteiger partial charge in [0.05, 0.1) is 6.07 Å². The van der Waals surface area contributed by atoms with Crippen LogP contribution in [0.1, 0.15) is 30.9 Å². The van der Waals surface area contributed by atoms with E-state index < -0.39 is 0 Å². The van der Waals surface area contributed by atoms with Gasteiger partial charge >= 0.3 is 0 Å². The maximum absolute atomic E-state index is 11.3. The standard InChI is InChI=1S/C22H26N2O3/c1-2-5-18-8-10-20(11-9-18)26-16-17-27-21-7-4-3-6-19(21)13-15-24-22(25)12-14-23/h3-4,6-11H,2,5,12-13,15-17H2,1H3,(H,24,25). The van der Waals surface area contributed by atoms with Gasteiger partial charge in [0.2, 0.25) is 5.91 Å². The van der Waals surface area contributed by atoms with Crippen molar-refractivity contribution in [3.63, 3.8) is 0 Å². The van der Waals surface area contributed by atoms with Crippen molar-refractivity contribution in [2.45, 2.75) is 32.6 Å². The number of hydrogen-bond donors (Lipinski definition) is 1. The highest BCUT2D eigenvalue weighted by Crippen LogP contribution is 2.18. The van der Waals surface area contributed by atoms with E-state index in [1.54, 1.807) is 0 Å². The molecule has 0 heterocycles. The Balaban J connectivity index is 1.75. The van der Waals surface area contributed by atoms with Gasteiger partial charge in [-0.05, 0) is 42.2 Å². The fourth-order valence-electron chi connectivity index (χ4n) is 2.67. The van der Waals surface area contributed by atoms with Crippen molar-refractivity contribution in [1.82, 2.24) is 5.32 Å². The third-order valence-corrected chi connectivity index (χ3v) is 4.00. The van der Waals surface area contributed by atoms with Crippen LogP contribution in [0.25, 0.3) is 0 Å². The second kappa shape index (κ2) is 11.6. The number of carbonyl (C=O) groups excluding carboxylic acids is 1. The monoisotopic (exact) mass is 366 g/mol. The molecule has 0 saturated heterocycles. The Morgan fingerprint density at radius 2 is 1.78 bits per heavy atom. The summed E-state index contributed by atoms with van der Waals surface area (Å²) in [5.74, 6) is 1.37. The first-order valence-electron chi connectivity index (χ1n) is 9.29. The lowest BCUT2D eigenvalue weighted by Gasteiger charge is -2.12. The summed E-state index contributed by atoms with van der Waals surface area (Å²) in [4.78, 5) is 11.3. The molecule has 5 nitrogen and oxygen atoms in total. The number of nitrogens with one attached hydrogen (secondary N) is 1. The molecule has 2 rings (SSSR count). The molecular formula is C22H26N2O3. The summed E-state index contributed by atoms with van der Waals surface area (Å²) >= 11 is 0. The van der Waals surface area contributed by atoms with E-state index in [1.165, 1.54) is 5.56 Å². The number of aryl methyl sites for hydroxylation is 1. The molecule has 2 aromatic carbocycles. The van der Waals surface area contributed by atoms with Gasteiger partial charge < -0.3 is 14.8 Å². The maximum atomic E-state index is 11.3. The van der Waals surface area contributed by atoms with Gasteiger partial charge in [-0.25, -0.2) is 0 Å². The molecular weight excluding hydrogens is 340 g/mol. The molecule has 0 aliphatic heterocycles. The predicted octanol–water partition coefficient (Wildman–Crippen LogP) is 3.67. The van der Waals surface area contributed by atoms with Gasteiger partial charge in [0.15, 0.2) is 0 Å². The molecule has 0 aliphatic rings. The highest BCUT2D eigenvalue weighted by molar-refractivity contribution is 5.77. The predicted molar refractivity (Wildman–Crippen MR) is 105 cm³/mol. The van der Waals surface area contributed by atoms with Gasteiger partial charge in [0.25, 0.3) is 0 Å². The van der Waals surface area contributed by atoms with Crippen LogP contribution in [-0.2, 0) is 17.6 Å². The number of rotatable bonds is 11. The minimum Gasteiger partial charge on any atom is -0.490 e. The number of hydrogen-bond acceptors (Lipinski definition) is 4. The van der Waals surface area contributed by atoms with Crippen LogP contribution in [-0.4, -0.2) is 25.7 Å². The van der Waals surface area contributed by atoms with E-state index in [2.05, 4.69) is 24.4 Å². The lowest BCUT2D eigenvalue weighted by Crippen LogP contribution is -2.25. The molecule has 0 aliphatic carbocycles. The summed E-state index contributed by atoms with van der Waals surface area (Å²) < 4.78 is 11.6. The van der Waals surface area contributed by atoms with Gasteiger partial charge in [0.1, 0.15) is 31.1 Å². The third kappa shape index (κ3) is 7.41. The van der Waals surface area contributed by atoms with Crippen molar-refractivity contribution in [2.24, 2.45) is 0 Å². The lowest BCUT2D eigenvalue weighted by atomic mass is 10.1. The van der Waals surface area contributed by atoms with Crippen molar-refractivity contribution < 1.29 is 14.3 Å². The van der Waals surface area contributed by atoms with E-state index in [4.69, 9.17) is 14.7 Å². The van der Waals surface area contributed by atoms with Crippen molar-refractivity contribution in [3.05, 3.63) is 59.7 Å². The number of ether oxygens (including phenoxy) is 2. The molecule has 0 aromatic heterocycles. The Labute approximate surface area is 160 Å². The molecule has 0 unspecified atom stereocenters. The number of nitriles is 1. The van der Waals surface area contributed by atoms with Crippen LogP contribution in [0.2, 0.25) is 0 Å². The second-order valence-corrected chi connectivity index (χ2v) is 6.13. The van der Waals surface area contributed by atoms with Crippen LogP contribution < -0.4 is 14.8 Å². The zero-order valence-corrected chi connectivity index (χ0v) is 15.7. The van der Waals surface area contributed by atoms with Crippen molar-refractivity contribution in [1.29, 1.82) is 5.26 Å². The molecule has 0 fully saturated rings. The number of nitrogens with zero attached hydrogens (tertiary/aromatic N) is 1. The zero-order chi connectivity index (χ0) is 19.3. The smallest absolute Gasteiger partial charge is 0.234 e. The van der Waals surface area contributed by atoms with E-state index in [0.717, 1.165) is 29.9 Å². The highest BCUT2D eigenvalue weighted by Gasteiger charge is 2.05. The van der Waals surface area contributed by atoms with E-state index >= 15 is 0 Å². The molecule has 0 atom stereocenters. The fraction of sp³-hybridized carbons (Fsp3) is 0.364. The Morgan fingerprint density at radius 1 is 1.04 bits per heavy atom. The summed E-state index contributed by atoms with van der Waals surface area (Å²) in [5, 5.41) is 11.2. The second-order valence-electron chi connectivity index (χ2n) is 6.13. The number of amides is 1. The minimum atomic E-state index is -0.255. The van der Waals surface area contributed by atoms with Gasteiger partial charge in [-0.2, -0.15) is 5.26 Å². The summed E-state index contributed by atoms with van der Waals surface area (Å²) in [5.41, 5.74) is 2.33. The fourth-order valence-corrected chi connectivity index (χ4v) is 2.67. The van der Waals surface area contributed by atoms with E-state index in [-0.39, 0.29) is 12.3 Å². The molecule has 0 saturated carbocycles. The van der Waals surface area contributed by atoms with Crippen molar-refractivity contribution in [3.8, 4) is 17.6 Å². The average Bonchev–Trinajstić information content (AvgIpc) is 2.68. The van der Waals surface area contributed by atoms with Crippen LogP contribution in [0.4, 0.5) is 0 Å². The summed E-state index contributed by atoms with van der Waals surface area (Å²) in [6.45, 7) is 3.54. The molecule has 0 radical (unpaired) electrons. The zero-order valence-electron chi connectivity index (χ0n) is 15.7. The largest absolute Gasteiger partial charge is 0.490 e.